The predicted octanol–water partition coefficient (Wildman–Crippen LogP) is 5.49. The molecule has 3 N–H and O–H groups in total. The minimum Gasteiger partial charge on any atom is -0.486 e. The molecule has 0 saturated heterocycles. The Morgan fingerprint density at radius 3 is 2.09 bits per heavy atom. The van der Waals surface area contributed by atoms with Crippen LogP contribution < -0.4 is 9.88 Å². The van der Waals surface area contributed by atoms with Crippen LogP contribution in [0.3, 0.4) is 0 Å². The first kappa shape index (κ1) is 24.5. The van der Waals surface area contributed by atoms with Gasteiger partial charge in [-0.15, -0.1) is 0 Å². The summed E-state index contributed by atoms with van der Waals surface area (Å²) in [7, 11) is -4.33. The van der Waals surface area contributed by atoms with E-state index in [1.165, 1.54) is 18.2 Å². The van der Waals surface area contributed by atoms with Crippen molar-refractivity contribution in [2.45, 2.75) is 23.9 Å². The molecule has 0 saturated carbocycles. The van der Waals surface area contributed by atoms with Gasteiger partial charge in [-0.05, 0) is 60.2 Å². The SMILES string of the molecule is NS(=O)(=O)c1ccc(C(F)(F)F)cc1-c1ccc2nc(COc3ccc(C(F)(F)F)cc3)[nH]c2c1. The van der Waals surface area contributed by atoms with Crippen LogP contribution in [0.4, 0.5) is 26.3 Å². The van der Waals surface area contributed by atoms with E-state index in [9.17, 15) is 34.8 Å². The standard InChI is InChI=1S/C22H15F6N3O3S/c23-21(24,25)13-2-5-15(6-3-13)34-11-20-30-17-7-1-12(9-18(17)31-20)16-10-14(22(26,27)28)4-8-19(16)35(29,32)33/h1-10H,11H2,(H,30,31)(H2,29,32,33). The molecular weight excluding hydrogens is 500 g/mol. The van der Waals surface area contributed by atoms with Crippen LogP contribution in [0.2, 0.25) is 0 Å². The number of nitrogens with two attached hydrogens (primary N) is 1. The highest BCUT2D eigenvalue weighted by molar-refractivity contribution is 7.89. The number of nitrogens with one attached hydrogen (secondary N) is 1. The summed E-state index contributed by atoms with van der Waals surface area (Å²) in [5.74, 6) is 0.452. The van der Waals surface area contributed by atoms with Crippen molar-refractivity contribution in [3.63, 3.8) is 0 Å². The number of benzene rings is 3. The van der Waals surface area contributed by atoms with E-state index in [1.54, 1.807) is 0 Å². The van der Waals surface area contributed by atoms with E-state index in [0.29, 0.717) is 23.2 Å². The van der Waals surface area contributed by atoms with Gasteiger partial charge in [-0.25, -0.2) is 18.5 Å². The number of aromatic amines is 1. The number of imidazole rings is 1. The maximum Gasteiger partial charge on any atom is 0.416 e. The van der Waals surface area contributed by atoms with Crippen molar-refractivity contribution in [3.8, 4) is 16.9 Å². The molecule has 1 heterocycles. The van der Waals surface area contributed by atoms with E-state index in [-0.39, 0.29) is 29.3 Å². The number of sulfonamides is 1. The Kier molecular flexibility index (Phi) is 6.01. The van der Waals surface area contributed by atoms with Gasteiger partial charge in [-0.1, -0.05) is 6.07 Å². The molecule has 0 bridgehead atoms. The molecule has 0 spiro atoms. The molecule has 1 aromatic heterocycles. The van der Waals surface area contributed by atoms with Crippen LogP contribution in [0.5, 0.6) is 5.75 Å². The smallest absolute Gasteiger partial charge is 0.416 e. The Labute approximate surface area is 194 Å². The lowest BCUT2D eigenvalue weighted by Gasteiger charge is -2.13. The van der Waals surface area contributed by atoms with Crippen molar-refractivity contribution in [1.82, 2.24) is 9.97 Å². The molecule has 3 aromatic carbocycles. The fourth-order valence-corrected chi connectivity index (χ4v) is 4.11. The number of fused-ring (bicyclic) bond motifs is 1. The Hall–Kier alpha value is -3.58. The van der Waals surface area contributed by atoms with Crippen LogP contribution in [0, 0.1) is 0 Å². The summed E-state index contributed by atoms with van der Waals surface area (Å²) in [5, 5.41) is 5.19. The number of halogens is 6. The van der Waals surface area contributed by atoms with Crippen molar-refractivity contribution in [2.24, 2.45) is 5.14 Å². The number of ether oxygens (including phenoxy) is 1. The molecule has 0 amide bonds. The minimum atomic E-state index is -4.70. The maximum absolute atomic E-state index is 13.2. The largest absolute Gasteiger partial charge is 0.486 e. The number of aromatic nitrogens is 2. The van der Waals surface area contributed by atoms with Gasteiger partial charge < -0.3 is 9.72 Å². The van der Waals surface area contributed by atoms with Crippen LogP contribution >= 0.6 is 0 Å². The van der Waals surface area contributed by atoms with Crippen molar-refractivity contribution < 1.29 is 39.5 Å². The molecule has 6 nitrogen and oxygen atoms in total. The molecule has 0 atom stereocenters. The molecule has 0 fully saturated rings. The summed E-state index contributed by atoms with van der Waals surface area (Å²) < 4.78 is 107. The molecule has 4 rings (SSSR count). The Balaban J connectivity index is 1.63. The first-order valence-electron chi connectivity index (χ1n) is 9.75. The van der Waals surface area contributed by atoms with Crippen LogP contribution in [0.15, 0.2) is 65.6 Å². The summed E-state index contributed by atoms with van der Waals surface area (Å²) in [4.78, 5) is 6.68. The zero-order valence-electron chi connectivity index (χ0n) is 17.4. The number of H-pyrrole nitrogens is 1. The van der Waals surface area contributed by atoms with Crippen molar-refractivity contribution in [1.29, 1.82) is 0 Å². The number of alkyl halides is 6. The lowest BCUT2D eigenvalue weighted by Crippen LogP contribution is -2.15. The normalized spacial score (nSPS) is 12.8. The lowest BCUT2D eigenvalue weighted by molar-refractivity contribution is -0.138. The Bertz CT molecular complexity index is 1490. The van der Waals surface area contributed by atoms with Gasteiger partial charge in [-0.3, -0.25) is 0 Å². The summed E-state index contributed by atoms with van der Waals surface area (Å²) in [6.07, 6.45) is -9.18. The van der Waals surface area contributed by atoms with Crippen molar-refractivity contribution >= 4 is 21.1 Å². The zero-order chi connectivity index (χ0) is 25.6. The molecule has 184 valence electrons. The second kappa shape index (κ2) is 8.57. The van der Waals surface area contributed by atoms with Gasteiger partial charge >= 0.3 is 12.4 Å². The average Bonchev–Trinajstić information content (AvgIpc) is 3.18. The van der Waals surface area contributed by atoms with Gasteiger partial charge in [0, 0.05) is 5.56 Å². The third-order valence-electron chi connectivity index (χ3n) is 5.01. The summed E-state index contributed by atoms with van der Waals surface area (Å²) >= 11 is 0. The molecule has 4 aromatic rings. The van der Waals surface area contributed by atoms with E-state index in [0.717, 1.165) is 30.3 Å². The highest BCUT2D eigenvalue weighted by atomic mass is 32.2. The molecule has 0 aliphatic heterocycles. The molecule has 35 heavy (non-hydrogen) atoms. The summed E-state index contributed by atoms with van der Waals surface area (Å²) in [6, 6.07) is 10.5. The number of rotatable bonds is 5. The molecule has 0 unspecified atom stereocenters. The maximum atomic E-state index is 13.2. The quantitative estimate of drug-likeness (QED) is 0.343. The predicted molar refractivity (Wildman–Crippen MR) is 114 cm³/mol. The van der Waals surface area contributed by atoms with Crippen molar-refractivity contribution in [2.75, 3.05) is 0 Å². The fourth-order valence-electron chi connectivity index (χ4n) is 3.37. The van der Waals surface area contributed by atoms with E-state index < -0.39 is 38.4 Å². The second-order valence-electron chi connectivity index (χ2n) is 7.48. The first-order chi connectivity index (χ1) is 16.2. The van der Waals surface area contributed by atoms with E-state index >= 15 is 0 Å². The average molecular weight is 515 g/mol. The van der Waals surface area contributed by atoms with Gasteiger partial charge in [0.15, 0.2) is 0 Å². The summed E-state index contributed by atoms with van der Waals surface area (Å²) in [6.45, 7) is -0.138. The van der Waals surface area contributed by atoms with E-state index in [2.05, 4.69) is 9.97 Å². The van der Waals surface area contributed by atoms with Crippen LogP contribution in [-0.4, -0.2) is 18.4 Å². The highest BCUT2D eigenvalue weighted by Crippen LogP contribution is 2.36. The number of hydrogen-bond donors (Lipinski definition) is 2. The number of nitrogens with zero attached hydrogens (tertiary/aromatic N) is 1. The van der Waals surface area contributed by atoms with Gasteiger partial charge in [0.2, 0.25) is 10.0 Å². The third-order valence-corrected chi connectivity index (χ3v) is 5.98. The third kappa shape index (κ3) is 5.41. The monoisotopic (exact) mass is 515 g/mol. The number of hydrogen-bond acceptors (Lipinski definition) is 4. The minimum absolute atomic E-state index is 0.138. The molecule has 13 heteroatoms. The second-order valence-corrected chi connectivity index (χ2v) is 9.01. The van der Waals surface area contributed by atoms with Crippen molar-refractivity contribution in [3.05, 3.63) is 77.6 Å². The highest BCUT2D eigenvalue weighted by Gasteiger charge is 2.32. The molecule has 0 radical (unpaired) electrons. The lowest BCUT2D eigenvalue weighted by atomic mass is 10.0. The summed E-state index contributed by atoms with van der Waals surface area (Å²) in [5.41, 5.74) is -1.19. The van der Waals surface area contributed by atoms with Gasteiger partial charge in [0.05, 0.1) is 27.1 Å². The topological polar surface area (TPSA) is 98.1 Å². The first-order valence-corrected chi connectivity index (χ1v) is 11.3. The Morgan fingerprint density at radius 1 is 0.857 bits per heavy atom. The fraction of sp³-hybridized carbons (Fsp3) is 0.136. The van der Waals surface area contributed by atoms with Gasteiger partial charge in [-0.2, -0.15) is 26.3 Å². The van der Waals surface area contributed by atoms with Crippen LogP contribution in [-0.2, 0) is 29.0 Å². The molecule has 0 aliphatic rings. The van der Waals surface area contributed by atoms with Gasteiger partial charge in [0.1, 0.15) is 18.2 Å². The number of primary sulfonamides is 1. The molecule has 0 aliphatic carbocycles. The Morgan fingerprint density at radius 2 is 1.49 bits per heavy atom. The zero-order valence-corrected chi connectivity index (χ0v) is 18.2. The van der Waals surface area contributed by atoms with Crippen LogP contribution in [0.1, 0.15) is 17.0 Å². The van der Waals surface area contributed by atoms with E-state index in [1.807, 2.05) is 0 Å². The van der Waals surface area contributed by atoms with Crippen LogP contribution in [0.25, 0.3) is 22.2 Å². The molecular formula is C22H15F6N3O3S. The van der Waals surface area contributed by atoms with Gasteiger partial charge in [0.25, 0.3) is 0 Å². The van der Waals surface area contributed by atoms with E-state index in [4.69, 9.17) is 9.88 Å².